The van der Waals surface area contributed by atoms with E-state index < -0.39 is 0 Å². The molecule has 1 heterocycles. The van der Waals surface area contributed by atoms with Crippen LogP contribution in [0.15, 0.2) is 24.3 Å². The molecule has 1 aromatic carbocycles. The zero-order chi connectivity index (χ0) is 14.0. The lowest BCUT2D eigenvalue weighted by atomic mass is 10.00. The number of fused-ring (bicyclic) bond motifs is 1. The van der Waals surface area contributed by atoms with Crippen molar-refractivity contribution < 1.29 is 0 Å². The van der Waals surface area contributed by atoms with Crippen LogP contribution < -0.4 is 4.90 Å². The fraction of sp³-hybridized carbons (Fsp3) is 0.375. The van der Waals surface area contributed by atoms with Crippen molar-refractivity contribution >= 4 is 16.7 Å². The molecular formula is C16H19N3. The van der Waals surface area contributed by atoms with Crippen LogP contribution in [0.25, 0.3) is 10.9 Å². The van der Waals surface area contributed by atoms with E-state index in [1.54, 1.807) is 0 Å². The van der Waals surface area contributed by atoms with Gasteiger partial charge in [0.15, 0.2) is 0 Å². The molecule has 98 valence electrons. The summed E-state index contributed by atoms with van der Waals surface area (Å²) in [6.45, 7) is 4.36. The monoisotopic (exact) mass is 253 g/mol. The molecule has 0 saturated carbocycles. The van der Waals surface area contributed by atoms with Crippen molar-refractivity contribution in [3.05, 3.63) is 35.4 Å². The number of hydrogen-bond acceptors (Lipinski definition) is 3. The van der Waals surface area contributed by atoms with Gasteiger partial charge in [0.2, 0.25) is 0 Å². The third-order valence-corrected chi connectivity index (χ3v) is 3.25. The second kappa shape index (κ2) is 5.27. The number of anilines is 1. The van der Waals surface area contributed by atoms with Crippen LogP contribution >= 0.6 is 0 Å². The maximum absolute atomic E-state index is 8.94. The topological polar surface area (TPSA) is 39.9 Å². The van der Waals surface area contributed by atoms with Crippen molar-refractivity contribution in [1.82, 2.24) is 4.98 Å². The largest absolute Gasteiger partial charge is 0.362 e. The fourth-order valence-electron chi connectivity index (χ4n) is 2.19. The predicted molar refractivity (Wildman–Crippen MR) is 79.5 cm³/mol. The molecule has 0 aliphatic rings. The predicted octanol–water partition coefficient (Wildman–Crippen LogP) is 3.49. The van der Waals surface area contributed by atoms with E-state index in [1.165, 1.54) is 5.56 Å². The summed E-state index contributed by atoms with van der Waals surface area (Å²) in [6, 6.07) is 10.7. The molecule has 1 aromatic heterocycles. The molecule has 0 spiro atoms. The first-order valence-electron chi connectivity index (χ1n) is 6.50. The van der Waals surface area contributed by atoms with Crippen LogP contribution in [0.5, 0.6) is 0 Å². The molecular weight excluding hydrogens is 234 g/mol. The van der Waals surface area contributed by atoms with Gasteiger partial charge in [-0.1, -0.05) is 19.9 Å². The van der Waals surface area contributed by atoms with Crippen LogP contribution in [-0.4, -0.2) is 19.1 Å². The minimum Gasteiger partial charge on any atom is -0.362 e. The lowest BCUT2D eigenvalue weighted by Gasteiger charge is -2.16. The highest BCUT2D eigenvalue weighted by Crippen LogP contribution is 2.25. The highest BCUT2D eigenvalue weighted by atomic mass is 15.1. The first kappa shape index (κ1) is 13.4. The van der Waals surface area contributed by atoms with Gasteiger partial charge < -0.3 is 4.90 Å². The Balaban J connectivity index is 2.64. The Labute approximate surface area is 114 Å². The number of rotatable bonds is 3. The number of pyridine rings is 1. The van der Waals surface area contributed by atoms with Gasteiger partial charge in [0.1, 0.15) is 5.82 Å². The van der Waals surface area contributed by atoms with Gasteiger partial charge in [-0.2, -0.15) is 5.26 Å². The Morgan fingerprint density at radius 2 is 2.00 bits per heavy atom. The molecule has 2 rings (SSSR count). The van der Waals surface area contributed by atoms with Crippen molar-refractivity contribution in [2.75, 3.05) is 19.0 Å². The molecule has 0 saturated heterocycles. The standard InChI is InChI=1S/C16H19N3/c1-11(2)12-5-6-15-14(9-12)10-13(7-8-17)16(18-15)19(3)4/h5-6,9-11H,7H2,1-4H3. The van der Waals surface area contributed by atoms with E-state index in [0.29, 0.717) is 12.3 Å². The molecule has 0 fully saturated rings. The third kappa shape index (κ3) is 2.68. The van der Waals surface area contributed by atoms with E-state index in [-0.39, 0.29) is 0 Å². The van der Waals surface area contributed by atoms with Crippen LogP contribution in [0.1, 0.15) is 30.9 Å². The number of nitrogens with zero attached hydrogens (tertiary/aromatic N) is 3. The Morgan fingerprint density at radius 1 is 1.26 bits per heavy atom. The SMILES string of the molecule is CC(C)c1ccc2nc(N(C)C)c(CC#N)cc2c1. The molecule has 19 heavy (non-hydrogen) atoms. The Kier molecular flexibility index (Phi) is 3.71. The Bertz CT molecular complexity index is 636. The number of aromatic nitrogens is 1. The number of hydrogen-bond donors (Lipinski definition) is 0. The summed E-state index contributed by atoms with van der Waals surface area (Å²) in [4.78, 5) is 6.63. The molecule has 0 amide bonds. The Morgan fingerprint density at radius 3 is 2.58 bits per heavy atom. The van der Waals surface area contributed by atoms with Crippen LogP contribution in [0.2, 0.25) is 0 Å². The van der Waals surface area contributed by atoms with E-state index in [4.69, 9.17) is 5.26 Å². The van der Waals surface area contributed by atoms with Gasteiger partial charge in [0.25, 0.3) is 0 Å². The highest BCUT2D eigenvalue weighted by Gasteiger charge is 2.09. The smallest absolute Gasteiger partial charge is 0.133 e. The summed E-state index contributed by atoms with van der Waals surface area (Å²) in [6.07, 6.45) is 0.391. The average Bonchev–Trinajstić information content (AvgIpc) is 2.37. The van der Waals surface area contributed by atoms with E-state index in [2.05, 4.69) is 49.2 Å². The first-order valence-corrected chi connectivity index (χ1v) is 6.50. The first-order chi connectivity index (χ1) is 9.02. The number of benzene rings is 1. The number of nitriles is 1. The van der Waals surface area contributed by atoms with Gasteiger partial charge in [-0.25, -0.2) is 4.98 Å². The Hall–Kier alpha value is -2.08. The van der Waals surface area contributed by atoms with Crippen molar-refractivity contribution in [2.24, 2.45) is 0 Å². The van der Waals surface area contributed by atoms with Crippen LogP contribution in [0.3, 0.4) is 0 Å². The molecule has 0 aliphatic carbocycles. The third-order valence-electron chi connectivity index (χ3n) is 3.25. The molecule has 0 unspecified atom stereocenters. The van der Waals surface area contributed by atoms with E-state index in [1.807, 2.05) is 19.0 Å². The molecule has 3 heteroatoms. The van der Waals surface area contributed by atoms with Gasteiger partial charge in [-0.05, 0) is 29.7 Å². The van der Waals surface area contributed by atoms with Gasteiger partial charge in [-0.15, -0.1) is 0 Å². The lowest BCUT2D eigenvalue weighted by molar-refractivity contribution is 0.868. The minimum absolute atomic E-state index is 0.391. The maximum atomic E-state index is 8.94. The van der Waals surface area contributed by atoms with E-state index in [0.717, 1.165) is 22.3 Å². The van der Waals surface area contributed by atoms with Gasteiger partial charge in [0, 0.05) is 25.0 Å². The molecule has 0 N–H and O–H groups in total. The molecule has 0 atom stereocenters. The highest BCUT2D eigenvalue weighted by molar-refractivity contribution is 5.82. The summed E-state index contributed by atoms with van der Waals surface area (Å²) in [5, 5.41) is 10.1. The van der Waals surface area contributed by atoms with E-state index >= 15 is 0 Å². The lowest BCUT2D eigenvalue weighted by Crippen LogP contribution is -2.13. The summed E-state index contributed by atoms with van der Waals surface area (Å²) >= 11 is 0. The van der Waals surface area contributed by atoms with Crippen molar-refractivity contribution in [1.29, 1.82) is 5.26 Å². The summed E-state index contributed by atoms with van der Waals surface area (Å²) in [5.41, 5.74) is 3.27. The van der Waals surface area contributed by atoms with Gasteiger partial charge in [-0.3, -0.25) is 0 Å². The van der Waals surface area contributed by atoms with E-state index in [9.17, 15) is 0 Å². The second-order valence-electron chi connectivity index (χ2n) is 5.31. The molecule has 0 bridgehead atoms. The van der Waals surface area contributed by atoms with Crippen LogP contribution in [0.4, 0.5) is 5.82 Å². The van der Waals surface area contributed by atoms with Gasteiger partial charge in [0.05, 0.1) is 18.0 Å². The zero-order valence-corrected chi connectivity index (χ0v) is 11.9. The second-order valence-corrected chi connectivity index (χ2v) is 5.31. The summed E-state index contributed by atoms with van der Waals surface area (Å²) in [7, 11) is 3.91. The van der Waals surface area contributed by atoms with Gasteiger partial charge >= 0.3 is 0 Å². The minimum atomic E-state index is 0.391. The normalized spacial score (nSPS) is 10.7. The molecule has 2 aromatic rings. The molecule has 0 radical (unpaired) electrons. The van der Waals surface area contributed by atoms with Crippen molar-refractivity contribution in [2.45, 2.75) is 26.2 Å². The quantitative estimate of drug-likeness (QED) is 0.840. The van der Waals surface area contributed by atoms with Crippen LogP contribution in [-0.2, 0) is 6.42 Å². The summed E-state index contributed by atoms with van der Waals surface area (Å²) < 4.78 is 0. The fourth-order valence-corrected chi connectivity index (χ4v) is 2.19. The molecule has 0 aliphatic heterocycles. The summed E-state index contributed by atoms with van der Waals surface area (Å²) in [5.74, 6) is 1.38. The van der Waals surface area contributed by atoms with Crippen molar-refractivity contribution in [3.63, 3.8) is 0 Å². The zero-order valence-electron chi connectivity index (χ0n) is 11.9. The maximum Gasteiger partial charge on any atom is 0.133 e. The average molecular weight is 253 g/mol. The van der Waals surface area contributed by atoms with Crippen molar-refractivity contribution in [3.8, 4) is 6.07 Å². The van der Waals surface area contributed by atoms with Crippen LogP contribution in [0, 0.1) is 11.3 Å². The molecule has 3 nitrogen and oxygen atoms in total.